The molecule has 1 nitrogen and oxygen atoms in total. The van der Waals surface area contributed by atoms with E-state index in [1.807, 2.05) is 11.3 Å². The predicted molar refractivity (Wildman–Crippen MR) is 279 cm³/mol. The quantitative estimate of drug-likeness (QED) is 0.154. The van der Waals surface area contributed by atoms with Gasteiger partial charge in [0.25, 0.3) is 0 Å². The molecule has 4 fully saturated rings. The van der Waals surface area contributed by atoms with E-state index in [1.54, 1.807) is 11.1 Å². The molecule has 1 aromatic heterocycles. The Morgan fingerprint density at radius 1 is 0.348 bits per heavy atom. The molecular weight excluding hydrogens is 815 g/mol. The van der Waals surface area contributed by atoms with Gasteiger partial charge in [0.15, 0.2) is 0 Å². The number of fused-ring (bicyclic) bond motifs is 6. The Labute approximate surface area is 391 Å². The van der Waals surface area contributed by atoms with Crippen LogP contribution in [0, 0.1) is 23.7 Å². The standard InChI is InChI=1S/C64H49NS/c1-2-14-44(15-3-1)50-16-4-5-17-51(50)52-18-6-7-19-53(52)56-21-9-12-24-61(56)65(49-31-33-63-58(40-49)57-22-10-13-25-62(57)66-63)48-29-26-43(27-30-48)45-28-32-55-54-20-8-11-23-59(54)64(60(55)39-45)46-35-41-34-42(37-46)38-47(64)36-41/h1-33,39-42,46-47H,34-38H2. The minimum atomic E-state index is 0.151. The summed E-state index contributed by atoms with van der Waals surface area (Å²) < 4.78 is 2.63. The zero-order valence-corrected chi connectivity index (χ0v) is 37.7. The Morgan fingerprint density at radius 2 is 0.894 bits per heavy atom. The van der Waals surface area contributed by atoms with Crippen molar-refractivity contribution in [2.45, 2.75) is 37.5 Å². The molecule has 1 spiro atoms. The van der Waals surface area contributed by atoms with Crippen molar-refractivity contribution in [1.82, 2.24) is 0 Å². The highest BCUT2D eigenvalue weighted by Gasteiger charge is 2.61. The number of anilines is 3. The summed E-state index contributed by atoms with van der Waals surface area (Å²) in [6.07, 6.45) is 7.06. The zero-order valence-electron chi connectivity index (χ0n) is 36.9. The first kappa shape index (κ1) is 38.3. The van der Waals surface area contributed by atoms with Crippen LogP contribution in [0.2, 0.25) is 0 Å². The second-order valence-corrected chi connectivity index (χ2v) is 20.7. The number of para-hydroxylation sites is 1. The fourth-order valence-electron chi connectivity index (χ4n) is 13.9. The number of hydrogen-bond donors (Lipinski definition) is 0. The van der Waals surface area contributed by atoms with Gasteiger partial charge in [-0.25, -0.2) is 0 Å². The summed E-state index contributed by atoms with van der Waals surface area (Å²) >= 11 is 1.87. The summed E-state index contributed by atoms with van der Waals surface area (Å²) in [6.45, 7) is 0. The van der Waals surface area contributed by atoms with Crippen molar-refractivity contribution in [1.29, 1.82) is 0 Å². The molecule has 0 saturated heterocycles. The highest BCUT2D eigenvalue weighted by atomic mass is 32.1. The Morgan fingerprint density at radius 3 is 1.65 bits per heavy atom. The molecule has 4 bridgehead atoms. The van der Waals surface area contributed by atoms with Gasteiger partial charge in [0, 0.05) is 42.5 Å². The molecule has 5 aliphatic rings. The van der Waals surface area contributed by atoms with Gasteiger partial charge in [-0.2, -0.15) is 0 Å². The van der Waals surface area contributed by atoms with E-state index in [2.05, 4.69) is 217 Å². The van der Waals surface area contributed by atoms with Crippen LogP contribution in [-0.2, 0) is 5.41 Å². The first-order valence-corrected chi connectivity index (χ1v) is 24.9. The second-order valence-electron chi connectivity index (χ2n) is 19.6. The summed E-state index contributed by atoms with van der Waals surface area (Å²) in [6, 6.07) is 79.9. The number of benzene rings is 9. The third-order valence-electron chi connectivity index (χ3n) is 16.3. The van der Waals surface area contributed by atoms with Crippen molar-refractivity contribution in [3.8, 4) is 55.6 Å². The Balaban J connectivity index is 0.914. The van der Waals surface area contributed by atoms with Crippen LogP contribution in [0.4, 0.5) is 17.1 Å². The van der Waals surface area contributed by atoms with E-state index in [4.69, 9.17) is 0 Å². The van der Waals surface area contributed by atoms with Crippen LogP contribution in [0.5, 0.6) is 0 Å². The third kappa shape index (κ3) is 5.77. The molecule has 10 aromatic rings. The Kier molecular flexibility index (Phi) is 8.71. The molecule has 0 radical (unpaired) electrons. The average Bonchev–Trinajstić information content (AvgIpc) is 3.89. The van der Waals surface area contributed by atoms with Crippen LogP contribution in [-0.4, -0.2) is 0 Å². The normalized spacial score (nSPS) is 21.1. The van der Waals surface area contributed by atoms with Gasteiger partial charge in [-0.05, 0) is 166 Å². The van der Waals surface area contributed by atoms with Crippen molar-refractivity contribution in [3.63, 3.8) is 0 Å². The van der Waals surface area contributed by atoms with Gasteiger partial charge in [0.05, 0.1) is 5.69 Å². The van der Waals surface area contributed by atoms with Crippen molar-refractivity contribution in [2.24, 2.45) is 23.7 Å². The summed E-state index contributed by atoms with van der Waals surface area (Å²) in [5.74, 6) is 3.35. The first-order valence-electron chi connectivity index (χ1n) is 24.1. The van der Waals surface area contributed by atoms with E-state index in [0.717, 1.165) is 40.7 Å². The number of thiophene rings is 1. The van der Waals surface area contributed by atoms with Crippen LogP contribution in [0.1, 0.15) is 43.2 Å². The van der Waals surface area contributed by atoms with Crippen molar-refractivity contribution >= 4 is 48.6 Å². The van der Waals surface area contributed by atoms with Crippen LogP contribution in [0.3, 0.4) is 0 Å². The molecular formula is C64H49NS. The lowest BCUT2D eigenvalue weighted by Gasteiger charge is -2.61. The molecule has 1 heterocycles. The van der Waals surface area contributed by atoms with E-state index < -0.39 is 0 Å². The molecule has 0 atom stereocenters. The maximum atomic E-state index is 2.62. The molecule has 15 rings (SSSR count). The zero-order chi connectivity index (χ0) is 43.3. The molecule has 4 saturated carbocycles. The lowest BCUT2D eigenvalue weighted by molar-refractivity contribution is -0.0399. The van der Waals surface area contributed by atoms with Gasteiger partial charge in [0.2, 0.25) is 0 Å². The van der Waals surface area contributed by atoms with Crippen LogP contribution >= 0.6 is 11.3 Å². The van der Waals surface area contributed by atoms with E-state index in [-0.39, 0.29) is 5.41 Å². The maximum absolute atomic E-state index is 2.62. The molecule has 5 aliphatic carbocycles. The van der Waals surface area contributed by atoms with Gasteiger partial charge in [-0.15, -0.1) is 11.3 Å². The Bertz CT molecular complexity index is 3480. The smallest absolute Gasteiger partial charge is 0.0540 e. The van der Waals surface area contributed by atoms with Gasteiger partial charge in [-0.1, -0.05) is 164 Å². The number of hydrogen-bond acceptors (Lipinski definition) is 2. The highest BCUT2D eigenvalue weighted by molar-refractivity contribution is 7.25. The van der Waals surface area contributed by atoms with Gasteiger partial charge >= 0.3 is 0 Å². The SMILES string of the molecule is c1ccc(-c2ccccc2-c2ccccc2-c2ccccc2N(c2ccc(-c3ccc4c(c3)C3(c5ccccc5-4)C4CC5CC(C4)CC3C5)cc2)c2ccc3sc4ccccc4c3c2)cc1. The largest absolute Gasteiger partial charge is 0.310 e. The molecule has 316 valence electrons. The number of rotatable bonds is 7. The summed E-state index contributed by atoms with van der Waals surface area (Å²) in [5.41, 5.74) is 19.7. The minimum Gasteiger partial charge on any atom is -0.310 e. The van der Waals surface area contributed by atoms with E-state index >= 15 is 0 Å². The van der Waals surface area contributed by atoms with Crippen molar-refractivity contribution in [2.75, 3.05) is 4.90 Å². The summed E-state index contributed by atoms with van der Waals surface area (Å²) in [5, 5.41) is 2.60. The summed E-state index contributed by atoms with van der Waals surface area (Å²) in [4.78, 5) is 2.49. The monoisotopic (exact) mass is 863 g/mol. The molecule has 0 unspecified atom stereocenters. The lowest BCUT2D eigenvalue weighted by Crippen LogP contribution is -2.55. The predicted octanol–water partition coefficient (Wildman–Crippen LogP) is 17.9. The molecule has 0 amide bonds. The molecule has 0 aliphatic heterocycles. The topological polar surface area (TPSA) is 3.24 Å². The van der Waals surface area contributed by atoms with Crippen LogP contribution in [0.15, 0.2) is 212 Å². The van der Waals surface area contributed by atoms with Gasteiger partial charge in [-0.3, -0.25) is 0 Å². The first-order chi connectivity index (χ1) is 32.7. The molecule has 2 heteroatoms. The highest BCUT2D eigenvalue weighted by Crippen LogP contribution is 2.69. The molecule has 66 heavy (non-hydrogen) atoms. The minimum absolute atomic E-state index is 0.151. The molecule has 0 N–H and O–H groups in total. The number of nitrogens with zero attached hydrogens (tertiary/aromatic N) is 1. The average molecular weight is 864 g/mol. The fourth-order valence-corrected chi connectivity index (χ4v) is 14.9. The van der Waals surface area contributed by atoms with Crippen LogP contribution in [0.25, 0.3) is 75.8 Å². The van der Waals surface area contributed by atoms with Crippen molar-refractivity contribution in [3.05, 3.63) is 223 Å². The van der Waals surface area contributed by atoms with Crippen molar-refractivity contribution < 1.29 is 0 Å². The maximum Gasteiger partial charge on any atom is 0.0540 e. The molecule has 9 aromatic carbocycles. The van der Waals surface area contributed by atoms with Gasteiger partial charge < -0.3 is 4.90 Å². The second kappa shape index (κ2) is 15.0. The Hall–Kier alpha value is -7.00. The van der Waals surface area contributed by atoms with E-state index in [1.165, 1.54) is 108 Å². The third-order valence-corrected chi connectivity index (χ3v) is 17.4. The van der Waals surface area contributed by atoms with Gasteiger partial charge in [0.1, 0.15) is 0 Å². The van der Waals surface area contributed by atoms with E-state index in [9.17, 15) is 0 Å². The van der Waals surface area contributed by atoms with Crippen LogP contribution < -0.4 is 4.90 Å². The lowest BCUT2D eigenvalue weighted by atomic mass is 9.43. The fraction of sp³-hybridized carbons (Fsp3) is 0.156. The summed E-state index contributed by atoms with van der Waals surface area (Å²) in [7, 11) is 0. The van der Waals surface area contributed by atoms with E-state index in [0.29, 0.717) is 0 Å².